The number of hydrogen-bond donors (Lipinski definition) is 1. The van der Waals surface area contributed by atoms with Gasteiger partial charge in [-0.25, -0.2) is 4.98 Å². The lowest BCUT2D eigenvalue weighted by molar-refractivity contribution is 0.0957. The Kier molecular flexibility index (Phi) is 3.72. The van der Waals surface area contributed by atoms with Crippen molar-refractivity contribution in [2.45, 2.75) is 38.6 Å². The van der Waals surface area contributed by atoms with Crippen molar-refractivity contribution in [3.05, 3.63) is 18.2 Å². The maximum Gasteiger partial charge on any atom is 0.183 e. The van der Waals surface area contributed by atoms with Gasteiger partial charge in [-0.3, -0.25) is 4.79 Å². The molecule has 1 aliphatic carbocycles. The number of carbonyl (C=O) groups excluding carboxylic acids is 1. The van der Waals surface area contributed by atoms with E-state index >= 15 is 0 Å². The van der Waals surface area contributed by atoms with Crippen LogP contribution in [0.4, 0.5) is 0 Å². The Morgan fingerprint density at radius 2 is 2.25 bits per heavy atom. The monoisotopic (exact) mass is 221 g/mol. The normalized spacial score (nSPS) is 16.8. The molecule has 0 amide bonds. The Balaban J connectivity index is 1.91. The van der Waals surface area contributed by atoms with Crippen LogP contribution in [0, 0.1) is 5.92 Å². The van der Waals surface area contributed by atoms with Crippen molar-refractivity contribution in [1.82, 2.24) is 9.55 Å². The summed E-state index contributed by atoms with van der Waals surface area (Å²) in [5, 5.41) is 0. The quantitative estimate of drug-likeness (QED) is 0.768. The molecule has 16 heavy (non-hydrogen) atoms. The molecule has 1 fully saturated rings. The molecule has 0 bridgehead atoms. The molecule has 0 unspecified atom stereocenters. The highest BCUT2D eigenvalue weighted by Gasteiger charge is 2.20. The van der Waals surface area contributed by atoms with E-state index in [1.807, 2.05) is 10.8 Å². The third-order valence-corrected chi connectivity index (χ3v) is 3.26. The second-order valence-electron chi connectivity index (χ2n) is 4.56. The van der Waals surface area contributed by atoms with E-state index in [1.165, 1.54) is 25.7 Å². The first-order valence-corrected chi connectivity index (χ1v) is 6.04. The SMILES string of the molecule is NCCn1cnc(C(=O)CC2CCCC2)c1. The molecule has 4 nitrogen and oxygen atoms in total. The van der Waals surface area contributed by atoms with Crippen LogP contribution in [0.25, 0.3) is 0 Å². The molecular weight excluding hydrogens is 202 g/mol. The summed E-state index contributed by atoms with van der Waals surface area (Å²) in [4.78, 5) is 16.0. The summed E-state index contributed by atoms with van der Waals surface area (Å²) in [6.45, 7) is 1.30. The predicted octanol–water partition coefficient (Wildman–Crippen LogP) is 1.60. The minimum atomic E-state index is 0.183. The number of imidazole rings is 1. The fourth-order valence-corrected chi connectivity index (χ4v) is 2.36. The number of Topliss-reactive ketones (excluding diaryl/α,β-unsaturated/α-hetero) is 1. The second-order valence-corrected chi connectivity index (χ2v) is 4.56. The summed E-state index contributed by atoms with van der Waals surface area (Å²) in [6.07, 6.45) is 9.13. The van der Waals surface area contributed by atoms with Crippen LogP contribution >= 0.6 is 0 Å². The Hall–Kier alpha value is -1.16. The number of ketones is 1. The van der Waals surface area contributed by atoms with Crippen LogP contribution in [0.15, 0.2) is 12.5 Å². The van der Waals surface area contributed by atoms with E-state index in [2.05, 4.69) is 4.98 Å². The smallest absolute Gasteiger partial charge is 0.183 e. The van der Waals surface area contributed by atoms with E-state index in [4.69, 9.17) is 5.73 Å². The van der Waals surface area contributed by atoms with Crippen LogP contribution in [0.2, 0.25) is 0 Å². The van der Waals surface area contributed by atoms with Crippen molar-refractivity contribution in [3.8, 4) is 0 Å². The summed E-state index contributed by atoms with van der Waals surface area (Å²) in [7, 11) is 0. The summed E-state index contributed by atoms with van der Waals surface area (Å²) in [6, 6.07) is 0. The Morgan fingerprint density at radius 1 is 1.50 bits per heavy atom. The molecule has 0 aromatic carbocycles. The number of hydrogen-bond acceptors (Lipinski definition) is 3. The molecule has 0 atom stereocenters. The number of nitrogens with two attached hydrogens (primary N) is 1. The zero-order chi connectivity index (χ0) is 11.4. The van der Waals surface area contributed by atoms with Gasteiger partial charge in [-0.05, 0) is 5.92 Å². The van der Waals surface area contributed by atoms with Gasteiger partial charge in [0.25, 0.3) is 0 Å². The Morgan fingerprint density at radius 3 is 2.94 bits per heavy atom. The van der Waals surface area contributed by atoms with Crippen molar-refractivity contribution in [3.63, 3.8) is 0 Å². The van der Waals surface area contributed by atoms with Crippen LogP contribution in [-0.4, -0.2) is 21.9 Å². The number of nitrogens with zero attached hydrogens (tertiary/aromatic N) is 2. The minimum Gasteiger partial charge on any atom is -0.335 e. The van der Waals surface area contributed by atoms with Gasteiger partial charge in [0, 0.05) is 25.7 Å². The lowest BCUT2D eigenvalue weighted by atomic mass is 10.00. The minimum absolute atomic E-state index is 0.183. The molecule has 1 aromatic heterocycles. The van der Waals surface area contributed by atoms with Gasteiger partial charge in [-0.15, -0.1) is 0 Å². The van der Waals surface area contributed by atoms with E-state index in [0.717, 1.165) is 6.54 Å². The van der Waals surface area contributed by atoms with Gasteiger partial charge in [0.1, 0.15) is 5.69 Å². The molecule has 2 N–H and O–H groups in total. The van der Waals surface area contributed by atoms with Crippen LogP contribution < -0.4 is 5.73 Å². The molecule has 88 valence electrons. The lowest BCUT2D eigenvalue weighted by Gasteiger charge is -2.05. The first-order chi connectivity index (χ1) is 7.79. The van der Waals surface area contributed by atoms with Gasteiger partial charge in [0.2, 0.25) is 0 Å². The van der Waals surface area contributed by atoms with Crippen molar-refractivity contribution in [2.24, 2.45) is 11.7 Å². The maximum absolute atomic E-state index is 11.9. The van der Waals surface area contributed by atoms with Crippen molar-refractivity contribution in [1.29, 1.82) is 0 Å². The molecule has 0 spiro atoms. The number of carbonyl (C=O) groups is 1. The lowest BCUT2D eigenvalue weighted by Crippen LogP contribution is -2.08. The average Bonchev–Trinajstić information content (AvgIpc) is 2.89. The van der Waals surface area contributed by atoms with E-state index in [9.17, 15) is 4.79 Å². The first kappa shape index (κ1) is 11.3. The molecule has 1 aromatic rings. The van der Waals surface area contributed by atoms with Crippen LogP contribution in [0.3, 0.4) is 0 Å². The van der Waals surface area contributed by atoms with Crippen molar-refractivity contribution >= 4 is 5.78 Å². The van der Waals surface area contributed by atoms with Gasteiger partial charge in [0.15, 0.2) is 5.78 Å². The fraction of sp³-hybridized carbons (Fsp3) is 0.667. The molecule has 4 heteroatoms. The highest BCUT2D eigenvalue weighted by Crippen LogP contribution is 2.28. The first-order valence-electron chi connectivity index (χ1n) is 6.04. The van der Waals surface area contributed by atoms with Gasteiger partial charge >= 0.3 is 0 Å². The molecule has 0 saturated heterocycles. The average molecular weight is 221 g/mol. The topological polar surface area (TPSA) is 60.9 Å². The summed E-state index contributed by atoms with van der Waals surface area (Å²) >= 11 is 0. The van der Waals surface area contributed by atoms with E-state index < -0.39 is 0 Å². The fourth-order valence-electron chi connectivity index (χ4n) is 2.36. The van der Waals surface area contributed by atoms with Gasteiger partial charge in [-0.1, -0.05) is 25.7 Å². The molecule has 1 heterocycles. The van der Waals surface area contributed by atoms with Gasteiger partial charge < -0.3 is 10.3 Å². The Bertz CT molecular complexity index is 353. The van der Waals surface area contributed by atoms with E-state index in [1.54, 1.807) is 6.33 Å². The zero-order valence-corrected chi connectivity index (χ0v) is 9.56. The van der Waals surface area contributed by atoms with Gasteiger partial charge in [-0.2, -0.15) is 0 Å². The van der Waals surface area contributed by atoms with Crippen LogP contribution in [0.5, 0.6) is 0 Å². The third kappa shape index (κ3) is 2.70. The van der Waals surface area contributed by atoms with Gasteiger partial charge in [0.05, 0.1) is 6.33 Å². The third-order valence-electron chi connectivity index (χ3n) is 3.26. The zero-order valence-electron chi connectivity index (χ0n) is 9.56. The van der Waals surface area contributed by atoms with E-state index in [-0.39, 0.29) is 5.78 Å². The van der Waals surface area contributed by atoms with Crippen molar-refractivity contribution < 1.29 is 4.79 Å². The molecule has 2 rings (SSSR count). The summed E-state index contributed by atoms with van der Waals surface area (Å²) < 4.78 is 1.88. The summed E-state index contributed by atoms with van der Waals surface area (Å²) in [5.74, 6) is 0.773. The molecule has 1 aliphatic rings. The maximum atomic E-state index is 11.9. The van der Waals surface area contributed by atoms with E-state index in [0.29, 0.717) is 24.6 Å². The van der Waals surface area contributed by atoms with Crippen molar-refractivity contribution in [2.75, 3.05) is 6.54 Å². The molecule has 1 saturated carbocycles. The highest BCUT2D eigenvalue weighted by molar-refractivity contribution is 5.94. The Labute approximate surface area is 95.9 Å². The largest absolute Gasteiger partial charge is 0.335 e. The highest BCUT2D eigenvalue weighted by atomic mass is 16.1. The molecule has 0 aliphatic heterocycles. The van der Waals surface area contributed by atoms with Crippen LogP contribution in [0.1, 0.15) is 42.6 Å². The summed E-state index contributed by atoms with van der Waals surface area (Å²) in [5.41, 5.74) is 6.04. The van der Waals surface area contributed by atoms with Crippen LogP contribution in [-0.2, 0) is 6.54 Å². The standard InChI is InChI=1S/C12H19N3O/c13-5-6-15-8-11(14-9-15)12(16)7-10-3-1-2-4-10/h8-10H,1-7,13H2. The molecule has 0 radical (unpaired) electrons. The number of rotatable bonds is 5. The predicted molar refractivity (Wildman–Crippen MR) is 62.2 cm³/mol. The second kappa shape index (κ2) is 5.25. The number of aromatic nitrogens is 2. The molecular formula is C12H19N3O.